The van der Waals surface area contributed by atoms with E-state index in [1.54, 1.807) is 24.3 Å². The van der Waals surface area contributed by atoms with E-state index in [4.69, 9.17) is 4.74 Å². The summed E-state index contributed by atoms with van der Waals surface area (Å²) in [5, 5.41) is 35.3. The average Bonchev–Trinajstić information content (AvgIpc) is 2.56. The molecule has 2 aromatic rings. The lowest BCUT2D eigenvalue weighted by Gasteiger charge is -2.03. The van der Waals surface area contributed by atoms with Gasteiger partial charge in [0.15, 0.2) is 0 Å². The summed E-state index contributed by atoms with van der Waals surface area (Å²) in [6.07, 6.45) is 1.06. The van der Waals surface area contributed by atoms with E-state index in [-0.39, 0.29) is 5.56 Å². The number of aromatic hydroxyl groups is 1. The van der Waals surface area contributed by atoms with Gasteiger partial charge in [0.25, 0.3) is 5.69 Å². The topological polar surface area (TPSA) is 140 Å². The molecule has 24 heavy (non-hydrogen) atoms. The van der Waals surface area contributed by atoms with Gasteiger partial charge in [0.1, 0.15) is 5.75 Å². The molecule has 0 aliphatic heterocycles. The zero-order chi connectivity index (χ0) is 17.7. The second kappa shape index (κ2) is 7.05. The molecule has 0 saturated carbocycles. The molecule has 0 unspecified atom stereocenters. The quantitative estimate of drug-likeness (QED) is 0.470. The molecule has 0 radical (unpaired) electrons. The van der Waals surface area contributed by atoms with Gasteiger partial charge in [-0.25, -0.2) is 0 Å². The maximum Gasteiger partial charge on any atom is 0.318 e. The molecule has 0 spiro atoms. The van der Waals surface area contributed by atoms with Crippen molar-refractivity contribution in [1.29, 1.82) is 0 Å². The van der Waals surface area contributed by atoms with E-state index in [1.165, 1.54) is 7.11 Å². The third-order valence-electron chi connectivity index (χ3n) is 3.00. The number of hydrogen-bond acceptors (Lipinski definition) is 8. The van der Waals surface area contributed by atoms with E-state index in [0.717, 1.165) is 12.3 Å². The zero-order valence-electron chi connectivity index (χ0n) is 12.4. The van der Waals surface area contributed by atoms with Gasteiger partial charge < -0.3 is 9.84 Å². The lowest BCUT2D eigenvalue weighted by Crippen LogP contribution is -1.97. The van der Waals surface area contributed by atoms with Crippen LogP contribution in [0.25, 0.3) is 0 Å². The Bertz CT molecular complexity index is 804. The molecule has 2 rings (SSSR count). The summed E-state index contributed by atoms with van der Waals surface area (Å²) in [6.45, 7) is 0. The first-order valence-corrected chi connectivity index (χ1v) is 6.51. The van der Waals surface area contributed by atoms with Crippen molar-refractivity contribution in [1.82, 2.24) is 0 Å². The molecule has 0 fully saturated rings. The van der Waals surface area contributed by atoms with Gasteiger partial charge >= 0.3 is 5.69 Å². The third kappa shape index (κ3) is 3.74. The molecule has 0 saturated heterocycles. The number of nitro groups is 2. The highest BCUT2D eigenvalue weighted by molar-refractivity contribution is 5.87. The van der Waals surface area contributed by atoms with Crippen LogP contribution in [-0.2, 0) is 0 Å². The van der Waals surface area contributed by atoms with Gasteiger partial charge in [-0.05, 0) is 24.3 Å². The highest BCUT2D eigenvalue weighted by Crippen LogP contribution is 2.33. The second-order valence-corrected chi connectivity index (χ2v) is 4.52. The number of benzene rings is 2. The molecule has 0 aromatic heterocycles. The number of anilines is 1. The maximum atomic E-state index is 10.9. The molecule has 2 N–H and O–H groups in total. The number of hydrazone groups is 1. The van der Waals surface area contributed by atoms with Crippen LogP contribution in [0.2, 0.25) is 0 Å². The summed E-state index contributed by atoms with van der Waals surface area (Å²) < 4.78 is 5.00. The Morgan fingerprint density at radius 3 is 2.38 bits per heavy atom. The van der Waals surface area contributed by atoms with E-state index >= 15 is 0 Å². The molecule has 0 aliphatic carbocycles. The highest BCUT2D eigenvalue weighted by Gasteiger charge is 2.22. The fourth-order valence-corrected chi connectivity index (χ4v) is 1.81. The van der Waals surface area contributed by atoms with Gasteiger partial charge in [-0.2, -0.15) is 5.10 Å². The number of non-ortho nitro benzene ring substituents is 1. The van der Waals surface area contributed by atoms with Crippen molar-refractivity contribution in [2.24, 2.45) is 5.10 Å². The molecular formula is C14H12N4O6. The number of nitrogens with zero attached hydrogens (tertiary/aromatic N) is 3. The van der Waals surface area contributed by atoms with Crippen molar-refractivity contribution in [2.45, 2.75) is 0 Å². The first-order valence-electron chi connectivity index (χ1n) is 6.51. The van der Waals surface area contributed by atoms with Gasteiger partial charge in [0.2, 0.25) is 5.75 Å². The van der Waals surface area contributed by atoms with E-state index in [2.05, 4.69) is 10.5 Å². The monoisotopic (exact) mass is 332 g/mol. The Morgan fingerprint density at radius 2 is 1.83 bits per heavy atom. The van der Waals surface area contributed by atoms with E-state index < -0.39 is 27.0 Å². The molecular weight excluding hydrogens is 320 g/mol. The number of ether oxygens (including phenoxy) is 1. The smallest absolute Gasteiger partial charge is 0.318 e. The predicted octanol–water partition coefficient (Wildman–Crippen LogP) is 2.66. The molecule has 0 bridgehead atoms. The summed E-state index contributed by atoms with van der Waals surface area (Å²) in [7, 11) is 1.53. The van der Waals surface area contributed by atoms with Crippen molar-refractivity contribution < 1.29 is 19.7 Å². The zero-order valence-corrected chi connectivity index (χ0v) is 12.4. The van der Waals surface area contributed by atoms with Crippen LogP contribution in [0.5, 0.6) is 11.5 Å². The fraction of sp³-hybridized carbons (Fsp3) is 0.0714. The Balaban J connectivity index is 2.26. The summed E-state index contributed by atoms with van der Waals surface area (Å²) in [5.74, 6) is -0.0534. The van der Waals surface area contributed by atoms with Crippen LogP contribution in [0, 0.1) is 20.2 Å². The summed E-state index contributed by atoms with van der Waals surface area (Å²) in [5.41, 5.74) is 1.77. The molecule has 2 aromatic carbocycles. The summed E-state index contributed by atoms with van der Waals surface area (Å²) in [6, 6.07) is 8.39. The summed E-state index contributed by atoms with van der Waals surface area (Å²) in [4.78, 5) is 20.0. The van der Waals surface area contributed by atoms with Crippen molar-refractivity contribution >= 4 is 23.3 Å². The molecule has 0 atom stereocenters. The van der Waals surface area contributed by atoms with E-state index in [0.29, 0.717) is 17.5 Å². The Labute approximate surface area is 135 Å². The number of hydrogen-bond donors (Lipinski definition) is 2. The lowest BCUT2D eigenvalue weighted by molar-refractivity contribution is -0.394. The number of nitro benzene ring substituents is 2. The number of phenolic OH excluding ortho intramolecular Hbond substituents is 1. The van der Waals surface area contributed by atoms with Gasteiger partial charge in [0, 0.05) is 6.07 Å². The Kier molecular flexibility index (Phi) is 4.90. The molecule has 10 heteroatoms. The van der Waals surface area contributed by atoms with E-state index in [9.17, 15) is 25.3 Å². The second-order valence-electron chi connectivity index (χ2n) is 4.52. The molecule has 10 nitrogen and oxygen atoms in total. The number of rotatable bonds is 6. The van der Waals surface area contributed by atoms with Crippen LogP contribution in [0.1, 0.15) is 5.56 Å². The van der Waals surface area contributed by atoms with E-state index in [1.807, 2.05) is 0 Å². The van der Waals surface area contributed by atoms with Crippen molar-refractivity contribution in [2.75, 3.05) is 12.5 Å². The minimum atomic E-state index is -0.906. The normalized spacial score (nSPS) is 10.5. The minimum absolute atomic E-state index is 0.156. The predicted molar refractivity (Wildman–Crippen MR) is 85.6 cm³/mol. The maximum absolute atomic E-state index is 10.9. The Morgan fingerprint density at radius 1 is 1.17 bits per heavy atom. The van der Waals surface area contributed by atoms with Crippen molar-refractivity contribution in [3.8, 4) is 11.5 Å². The number of phenols is 1. The fourth-order valence-electron chi connectivity index (χ4n) is 1.81. The molecule has 124 valence electrons. The number of methoxy groups -OCH3 is 1. The SMILES string of the molecule is COc1ccc(N/N=C/c2cc([N+](=O)[O-])cc([N+](=O)[O-])c2O)cc1. The first-order chi connectivity index (χ1) is 11.4. The van der Waals surface area contributed by atoms with Crippen LogP contribution < -0.4 is 10.2 Å². The average molecular weight is 332 g/mol. The summed E-state index contributed by atoms with van der Waals surface area (Å²) >= 11 is 0. The van der Waals surface area contributed by atoms with Crippen LogP contribution in [0.15, 0.2) is 41.5 Å². The third-order valence-corrected chi connectivity index (χ3v) is 3.00. The standard InChI is InChI=1S/C14H12N4O6/c1-24-12-4-2-10(3-5-12)16-15-8-9-6-11(17(20)21)7-13(14(9)19)18(22)23/h2-8,16,19H,1H3/b15-8+. The number of nitrogens with one attached hydrogen (secondary N) is 1. The highest BCUT2D eigenvalue weighted by atomic mass is 16.6. The van der Waals surface area contributed by atoms with Crippen LogP contribution in [0.4, 0.5) is 17.1 Å². The van der Waals surface area contributed by atoms with Crippen molar-refractivity contribution in [3.05, 3.63) is 62.2 Å². The minimum Gasteiger partial charge on any atom is -0.502 e. The Hall–Kier alpha value is -3.69. The van der Waals surface area contributed by atoms with Gasteiger partial charge in [-0.15, -0.1) is 0 Å². The van der Waals surface area contributed by atoms with Crippen LogP contribution >= 0.6 is 0 Å². The van der Waals surface area contributed by atoms with Gasteiger partial charge in [-0.3, -0.25) is 25.7 Å². The van der Waals surface area contributed by atoms with Gasteiger partial charge in [0.05, 0.1) is 40.5 Å². The lowest BCUT2D eigenvalue weighted by atomic mass is 10.1. The van der Waals surface area contributed by atoms with Crippen LogP contribution in [-0.4, -0.2) is 28.3 Å². The van der Waals surface area contributed by atoms with Gasteiger partial charge in [-0.1, -0.05) is 0 Å². The van der Waals surface area contributed by atoms with Crippen molar-refractivity contribution in [3.63, 3.8) is 0 Å². The largest absolute Gasteiger partial charge is 0.502 e. The molecule has 0 amide bonds. The van der Waals surface area contributed by atoms with Crippen LogP contribution in [0.3, 0.4) is 0 Å². The molecule has 0 heterocycles. The first kappa shape index (κ1) is 16.7. The molecule has 0 aliphatic rings.